The van der Waals surface area contributed by atoms with E-state index >= 15 is 0 Å². The minimum Gasteiger partial charge on any atom is -0.550 e. The molecule has 0 aromatic carbocycles. The van der Waals surface area contributed by atoms with Gasteiger partial charge in [0.25, 0.3) is 0 Å². The van der Waals surface area contributed by atoms with Crippen molar-refractivity contribution in [1.82, 2.24) is 0 Å². The van der Waals surface area contributed by atoms with Gasteiger partial charge in [-0.1, -0.05) is 19.8 Å². The predicted molar refractivity (Wildman–Crippen MR) is 44.1 cm³/mol. The van der Waals surface area contributed by atoms with Crippen molar-refractivity contribution >= 4 is 11.9 Å². The fraction of sp³-hybridized carbons (Fsp3) is 0.667. The van der Waals surface area contributed by atoms with E-state index in [4.69, 9.17) is 0 Å². The smallest absolute Gasteiger partial charge is 0.550 e. The Morgan fingerprint density at radius 3 is 1.56 bits per heavy atom. The molecule has 0 N–H and O–H groups in total. The maximum absolute atomic E-state index is 9.28. The minimum absolute atomic E-state index is 0. The van der Waals surface area contributed by atoms with E-state index < -0.39 is 18.4 Å². The largest absolute Gasteiger partial charge is 1.00 e. The van der Waals surface area contributed by atoms with Crippen LogP contribution in [0.25, 0.3) is 0 Å². The zero-order valence-corrected chi connectivity index (χ0v) is 17.3. The third-order valence-electron chi connectivity index (χ3n) is 1.14. The van der Waals surface area contributed by atoms with Gasteiger partial charge in [0, 0.05) is 18.4 Å². The molecule has 0 radical (unpaired) electrons. The number of hydrogen-bond donors (Lipinski definition) is 0. The van der Waals surface area contributed by atoms with Crippen LogP contribution in [0.5, 0.6) is 0 Å². The Balaban J connectivity index is -0.0000000428. The van der Waals surface area contributed by atoms with E-state index in [9.17, 15) is 19.8 Å². The summed E-state index contributed by atoms with van der Waals surface area (Å²) in [7, 11) is 0. The van der Waals surface area contributed by atoms with Crippen LogP contribution >= 0.6 is 0 Å². The summed E-state index contributed by atoms with van der Waals surface area (Å²) < 4.78 is 0. The maximum Gasteiger partial charge on any atom is 1.00 e. The molecule has 0 unspecified atom stereocenters. The summed E-state index contributed by atoms with van der Waals surface area (Å²) in [6.45, 7) is 4.32. The van der Waals surface area contributed by atoms with Gasteiger partial charge in [-0.2, -0.15) is 13.3 Å². The zero-order chi connectivity index (χ0) is 10.7. The van der Waals surface area contributed by atoms with Crippen molar-refractivity contribution in [2.45, 2.75) is 39.5 Å². The summed E-state index contributed by atoms with van der Waals surface area (Å²) in [6.07, 6.45) is 5.15. The van der Waals surface area contributed by atoms with Crippen molar-refractivity contribution < 1.29 is 141 Å². The van der Waals surface area contributed by atoms with Crippen molar-refractivity contribution in [2.24, 2.45) is 0 Å². The first-order valence-corrected chi connectivity index (χ1v) is 4.22. The van der Waals surface area contributed by atoms with E-state index in [1.807, 2.05) is 0 Å². The Kier molecular flexibility index (Phi) is 51.6. The zero-order valence-electron chi connectivity index (χ0n) is 11.0. The molecule has 0 aliphatic rings. The molecule has 0 aliphatic heterocycles. The van der Waals surface area contributed by atoms with Crippen molar-refractivity contribution in [2.75, 3.05) is 0 Å². The monoisotopic (exact) mass is 272 g/mol. The molecule has 0 amide bonds. The molecule has 0 aliphatic carbocycles. The predicted octanol–water partition coefficient (Wildman–Crippen LogP) is -9.71. The molecule has 0 saturated carbocycles. The number of carbonyl (C=O) groups is 2. The van der Waals surface area contributed by atoms with Crippen LogP contribution in [0.3, 0.4) is 0 Å². The molecule has 0 bridgehead atoms. The van der Waals surface area contributed by atoms with Crippen LogP contribution in [0.4, 0.5) is 0 Å². The van der Waals surface area contributed by atoms with Gasteiger partial charge in [0.1, 0.15) is 0 Å². The second kappa shape index (κ2) is 26.4. The van der Waals surface area contributed by atoms with Crippen molar-refractivity contribution in [1.29, 1.82) is 0 Å². The number of unbranched alkanes of at least 4 members (excludes halogenated alkanes) is 3. The molecule has 0 aromatic heterocycles. The van der Waals surface area contributed by atoms with Gasteiger partial charge in [-0.25, -0.2) is 0 Å². The second-order valence-corrected chi connectivity index (χ2v) is 2.47. The summed E-state index contributed by atoms with van der Waals surface area (Å²) in [4.78, 5) is 18.6. The molecule has 0 heterocycles. The van der Waals surface area contributed by atoms with Gasteiger partial charge in [-0.3, -0.25) is 0 Å². The number of hydrogen-bond acceptors (Lipinski definition) is 4. The third kappa shape index (κ3) is 43.7. The summed E-state index contributed by atoms with van der Waals surface area (Å²) in [5, 5.41) is 18.6. The molecule has 7 heteroatoms. The first kappa shape index (κ1) is 31.3. The fourth-order valence-corrected chi connectivity index (χ4v) is 0.526. The van der Waals surface area contributed by atoms with Crippen molar-refractivity contribution in [3.63, 3.8) is 0 Å². The maximum atomic E-state index is 9.28. The Morgan fingerprint density at radius 1 is 1.12 bits per heavy atom. The van der Waals surface area contributed by atoms with Gasteiger partial charge < -0.3 is 26.2 Å². The van der Waals surface area contributed by atoms with Crippen LogP contribution in [0, 0.1) is 6.42 Å². The molecule has 0 aromatic rings. The van der Waals surface area contributed by atoms with Crippen LogP contribution in [0.1, 0.15) is 39.5 Å². The Bertz CT molecular complexity index is 140. The summed E-state index contributed by atoms with van der Waals surface area (Å²) in [5.74, 6) is -3.25. The van der Waals surface area contributed by atoms with Crippen LogP contribution < -0.4 is 132 Å². The fourth-order valence-electron chi connectivity index (χ4n) is 0.526. The molecule has 0 fully saturated rings. The normalized spacial score (nSPS) is 6.88. The molecule has 16 heavy (non-hydrogen) atoms. The molecule has 0 spiro atoms. The quantitative estimate of drug-likeness (QED) is 0.215. The van der Waals surface area contributed by atoms with E-state index in [-0.39, 0.29) is 122 Å². The van der Waals surface area contributed by atoms with E-state index in [1.165, 1.54) is 19.3 Å². The van der Waals surface area contributed by atoms with Gasteiger partial charge in [-0.05, 0) is 0 Å². The number of carbonyl (C=O) groups excluding carboxylic acids is 2. The second-order valence-electron chi connectivity index (χ2n) is 2.47. The van der Waals surface area contributed by atoms with Gasteiger partial charge in [0.15, 0.2) is 0 Å². The van der Waals surface area contributed by atoms with Crippen LogP contribution in [-0.2, 0) is 9.59 Å². The molecular weight excluding hydrogens is 257 g/mol. The number of carboxylic acids is 2. The molecule has 4 nitrogen and oxygen atoms in total. The van der Waals surface area contributed by atoms with Crippen LogP contribution in [-0.4, -0.2) is 11.9 Å². The van der Waals surface area contributed by atoms with Gasteiger partial charge in [-0.15, -0.1) is 0 Å². The van der Waals surface area contributed by atoms with Crippen LogP contribution in [0.2, 0.25) is 0 Å². The molecule has 0 atom stereocenters. The molecule has 0 saturated heterocycles. The average molecular weight is 272 g/mol. The van der Waals surface area contributed by atoms with E-state index in [2.05, 4.69) is 20.3 Å². The Morgan fingerprint density at radius 2 is 1.50 bits per heavy atom. The first-order valence-electron chi connectivity index (χ1n) is 4.22. The molecular formula is C9H15K2LiO4. The summed E-state index contributed by atoms with van der Waals surface area (Å²) >= 11 is 0. The minimum atomic E-state index is -1.63. The van der Waals surface area contributed by atoms with Gasteiger partial charge in [0.05, 0.1) is 0 Å². The number of aliphatic carboxylic acids is 2. The van der Waals surface area contributed by atoms with Gasteiger partial charge >= 0.3 is 122 Å². The molecule has 0 rings (SSSR count). The van der Waals surface area contributed by atoms with E-state index in [0.29, 0.717) is 0 Å². The Hall–Kier alpha value is 2.81. The van der Waals surface area contributed by atoms with E-state index in [1.54, 1.807) is 0 Å². The summed E-state index contributed by atoms with van der Waals surface area (Å²) in [5.41, 5.74) is 0. The molecule has 78 valence electrons. The average Bonchev–Trinajstić information content (AvgIpc) is 1.99. The standard InChI is InChI=1S/C6H13.C3H4O4.2K.Li/c1-3-5-6-4-2;4-2(5)1-3(6)7;;;/h3H,4-6H2,1-2H3;1H2,(H,4,5)(H,6,7);;;/q-1;;3*+1/p-2. The summed E-state index contributed by atoms with van der Waals surface area (Å²) in [6, 6.07) is 0. The SMILES string of the molecule is C[CH-]CCCC.O=C([O-])CC(=O)[O-].[K+].[K+].[Li+]. The topological polar surface area (TPSA) is 80.3 Å². The number of carboxylic acid groups (broad SMARTS) is 2. The van der Waals surface area contributed by atoms with Crippen LogP contribution in [0.15, 0.2) is 0 Å². The number of rotatable bonds is 5. The van der Waals surface area contributed by atoms with Crippen molar-refractivity contribution in [3.8, 4) is 0 Å². The Labute approximate surface area is 195 Å². The first-order chi connectivity index (χ1) is 6.04. The van der Waals surface area contributed by atoms with Gasteiger partial charge in [0.2, 0.25) is 0 Å². The van der Waals surface area contributed by atoms with Crippen molar-refractivity contribution in [3.05, 3.63) is 6.42 Å². The third-order valence-corrected chi connectivity index (χ3v) is 1.14. The van der Waals surface area contributed by atoms with E-state index in [0.717, 1.165) is 0 Å².